The van der Waals surface area contributed by atoms with Crippen LogP contribution in [0.2, 0.25) is 0 Å². The van der Waals surface area contributed by atoms with Crippen LogP contribution in [0, 0.1) is 13.8 Å². The molecule has 1 aromatic carbocycles. The molecule has 1 amide bonds. The van der Waals surface area contributed by atoms with Crippen LogP contribution >= 0.6 is 0 Å². The first-order chi connectivity index (χ1) is 12.4. The van der Waals surface area contributed by atoms with Crippen LogP contribution in [0.15, 0.2) is 35.1 Å². The molecule has 1 unspecified atom stereocenters. The lowest BCUT2D eigenvalue weighted by Crippen LogP contribution is -2.36. The lowest BCUT2D eigenvalue weighted by Gasteiger charge is -2.20. The molecule has 0 aliphatic rings. The Morgan fingerprint density at radius 1 is 1.19 bits per heavy atom. The van der Waals surface area contributed by atoms with Gasteiger partial charge in [0.15, 0.2) is 0 Å². The summed E-state index contributed by atoms with van der Waals surface area (Å²) >= 11 is 0. The number of benzene rings is 1. The van der Waals surface area contributed by atoms with Crippen LogP contribution in [0.1, 0.15) is 48.1 Å². The number of carbonyl (C=O) groups is 2. The summed E-state index contributed by atoms with van der Waals surface area (Å²) in [6.45, 7) is 7.39. The number of hydrogen-bond acceptors (Lipinski definition) is 5. The Labute approximate surface area is 152 Å². The van der Waals surface area contributed by atoms with Crippen molar-refractivity contribution in [2.45, 2.75) is 40.2 Å². The van der Waals surface area contributed by atoms with E-state index in [4.69, 9.17) is 4.74 Å². The summed E-state index contributed by atoms with van der Waals surface area (Å²) in [4.78, 5) is 40.5. The predicted molar refractivity (Wildman–Crippen MR) is 98.3 cm³/mol. The third-order valence-corrected chi connectivity index (χ3v) is 3.94. The Morgan fingerprint density at radius 2 is 1.85 bits per heavy atom. The molecule has 2 aromatic rings. The highest BCUT2D eigenvalue weighted by Crippen LogP contribution is 2.17. The van der Waals surface area contributed by atoms with Crippen molar-refractivity contribution in [2.24, 2.45) is 0 Å². The average molecular weight is 357 g/mol. The van der Waals surface area contributed by atoms with E-state index in [2.05, 4.69) is 10.3 Å². The Hall–Kier alpha value is -2.96. The van der Waals surface area contributed by atoms with Crippen LogP contribution in [0.4, 0.5) is 5.69 Å². The normalized spacial score (nSPS) is 11.7. The lowest BCUT2D eigenvalue weighted by atomic mass is 10.1. The van der Waals surface area contributed by atoms with Gasteiger partial charge in [0, 0.05) is 17.1 Å². The van der Waals surface area contributed by atoms with Crippen molar-refractivity contribution in [2.75, 3.05) is 11.9 Å². The fraction of sp³-hybridized carbons (Fsp3) is 0.368. The molecule has 1 atom stereocenters. The molecule has 2 rings (SSSR count). The molecular weight excluding hydrogens is 334 g/mol. The fourth-order valence-corrected chi connectivity index (χ4v) is 2.75. The maximum absolute atomic E-state index is 12.7. The minimum absolute atomic E-state index is 0.300. The Kier molecular flexibility index (Phi) is 6.27. The molecule has 0 saturated heterocycles. The van der Waals surface area contributed by atoms with Gasteiger partial charge in [0.2, 0.25) is 5.91 Å². The van der Waals surface area contributed by atoms with Crippen LogP contribution in [0.25, 0.3) is 0 Å². The molecule has 0 aliphatic heterocycles. The first-order valence-corrected chi connectivity index (χ1v) is 8.52. The van der Waals surface area contributed by atoms with E-state index in [1.165, 1.54) is 4.57 Å². The molecule has 0 fully saturated rings. The largest absolute Gasteiger partial charge is 0.462 e. The number of aryl methyl sites for hydroxylation is 2. The summed E-state index contributed by atoms with van der Waals surface area (Å²) in [6.07, 6.45) is 0.443. The maximum atomic E-state index is 12.7. The molecule has 1 N–H and O–H groups in total. The average Bonchev–Trinajstić information content (AvgIpc) is 2.58. The van der Waals surface area contributed by atoms with Crippen LogP contribution < -0.4 is 11.0 Å². The quantitative estimate of drug-likeness (QED) is 0.803. The topological polar surface area (TPSA) is 90.3 Å². The number of ether oxygens (including phenoxy) is 1. The highest BCUT2D eigenvalue weighted by molar-refractivity contribution is 5.95. The summed E-state index contributed by atoms with van der Waals surface area (Å²) in [7, 11) is 0. The second-order valence-electron chi connectivity index (χ2n) is 5.90. The Morgan fingerprint density at radius 3 is 2.38 bits per heavy atom. The summed E-state index contributed by atoms with van der Waals surface area (Å²) in [5, 5.41) is 2.78. The number of rotatable bonds is 6. The van der Waals surface area contributed by atoms with E-state index in [1.54, 1.807) is 51.1 Å². The number of anilines is 1. The molecule has 1 aromatic heterocycles. The molecule has 0 radical (unpaired) electrons. The molecule has 26 heavy (non-hydrogen) atoms. The highest BCUT2D eigenvalue weighted by atomic mass is 16.5. The van der Waals surface area contributed by atoms with E-state index in [0.29, 0.717) is 35.7 Å². The fourth-order valence-electron chi connectivity index (χ4n) is 2.75. The summed E-state index contributed by atoms with van der Waals surface area (Å²) < 4.78 is 6.33. The van der Waals surface area contributed by atoms with E-state index in [1.807, 2.05) is 6.92 Å². The summed E-state index contributed by atoms with van der Waals surface area (Å²) in [5.41, 5.74) is 1.80. The van der Waals surface area contributed by atoms with E-state index in [9.17, 15) is 14.4 Å². The summed E-state index contributed by atoms with van der Waals surface area (Å²) in [6, 6.07) is 7.52. The second-order valence-corrected chi connectivity index (χ2v) is 5.90. The van der Waals surface area contributed by atoms with Gasteiger partial charge >= 0.3 is 11.7 Å². The van der Waals surface area contributed by atoms with E-state index >= 15 is 0 Å². The third kappa shape index (κ3) is 4.36. The Bertz CT molecular complexity index is 856. The van der Waals surface area contributed by atoms with Gasteiger partial charge in [-0.2, -0.15) is 4.98 Å². The number of carbonyl (C=O) groups excluding carboxylic acids is 2. The predicted octanol–water partition coefficient (Wildman–Crippen LogP) is 2.63. The van der Waals surface area contributed by atoms with Gasteiger partial charge < -0.3 is 10.1 Å². The zero-order valence-corrected chi connectivity index (χ0v) is 15.4. The van der Waals surface area contributed by atoms with E-state index < -0.39 is 17.7 Å². The Balaban J connectivity index is 2.20. The molecule has 7 heteroatoms. The second kappa shape index (κ2) is 8.42. The van der Waals surface area contributed by atoms with Gasteiger partial charge in [0.25, 0.3) is 0 Å². The van der Waals surface area contributed by atoms with Crippen LogP contribution in [-0.4, -0.2) is 28.0 Å². The van der Waals surface area contributed by atoms with Gasteiger partial charge in [-0.15, -0.1) is 0 Å². The zero-order chi connectivity index (χ0) is 19.3. The number of nitrogens with one attached hydrogen (secondary N) is 1. The molecular formula is C19H23N3O4. The van der Waals surface area contributed by atoms with Crippen molar-refractivity contribution in [3.8, 4) is 0 Å². The van der Waals surface area contributed by atoms with Crippen LogP contribution in [0.5, 0.6) is 0 Å². The van der Waals surface area contributed by atoms with Crippen molar-refractivity contribution in [1.82, 2.24) is 9.55 Å². The first kappa shape index (κ1) is 19.4. The van der Waals surface area contributed by atoms with Gasteiger partial charge in [-0.05, 0) is 57.5 Å². The third-order valence-electron chi connectivity index (χ3n) is 3.94. The molecule has 7 nitrogen and oxygen atoms in total. The smallest absolute Gasteiger partial charge is 0.348 e. The number of esters is 1. The van der Waals surface area contributed by atoms with Gasteiger partial charge in [0.1, 0.15) is 6.04 Å². The highest BCUT2D eigenvalue weighted by Gasteiger charge is 2.22. The van der Waals surface area contributed by atoms with Crippen molar-refractivity contribution >= 4 is 17.6 Å². The molecule has 138 valence electrons. The molecule has 1 heterocycles. The maximum Gasteiger partial charge on any atom is 0.348 e. The molecule has 0 aliphatic carbocycles. The number of nitrogens with zero attached hydrogens (tertiary/aromatic N) is 2. The minimum Gasteiger partial charge on any atom is -0.462 e. The molecule has 0 spiro atoms. The van der Waals surface area contributed by atoms with E-state index in [0.717, 1.165) is 0 Å². The number of hydrogen-bond donors (Lipinski definition) is 1. The van der Waals surface area contributed by atoms with Crippen LogP contribution in [0.3, 0.4) is 0 Å². The van der Waals surface area contributed by atoms with Gasteiger partial charge in [-0.3, -0.25) is 9.36 Å². The number of amides is 1. The summed E-state index contributed by atoms with van der Waals surface area (Å²) in [5.74, 6) is -0.725. The van der Waals surface area contributed by atoms with Gasteiger partial charge in [-0.25, -0.2) is 9.59 Å². The SMILES string of the molecule is CCOC(=O)c1ccc(NC(=O)C(CC)n2c(C)cc(C)nc2=O)cc1. The van der Waals surface area contributed by atoms with Gasteiger partial charge in [0.05, 0.1) is 12.2 Å². The number of aromatic nitrogens is 2. The first-order valence-electron chi connectivity index (χ1n) is 8.52. The lowest BCUT2D eigenvalue weighted by molar-refractivity contribution is -0.119. The minimum atomic E-state index is -0.666. The van der Waals surface area contributed by atoms with Crippen molar-refractivity contribution in [3.63, 3.8) is 0 Å². The zero-order valence-electron chi connectivity index (χ0n) is 15.4. The monoisotopic (exact) mass is 357 g/mol. The standard InChI is InChI=1S/C19H23N3O4/c1-5-16(22-13(4)11-12(3)20-19(22)25)17(23)21-15-9-7-14(8-10-15)18(24)26-6-2/h7-11,16H,5-6H2,1-4H3,(H,21,23). The van der Waals surface area contributed by atoms with Crippen LogP contribution in [-0.2, 0) is 9.53 Å². The van der Waals surface area contributed by atoms with Crippen molar-refractivity contribution < 1.29 is 14.3 Å². The van der Waals surface area contributed by atoms with Crippen molar-refractivity contribution in [3.05, 3.63) is 57.8 Å². The molecule has 0 bridgehead atoms. The molecule has 0 saturated carbocycles. The van der Waals surface area contributed by atoms with E-state index in [-0.39, 0.29) is 5.91 Å². The van der Waals surface area contributed by atoms with Crippen molar-refractivity contribution in [1.29, 1.82) is 0 Å². The van der Waals surface area contributed by atoms with Gasteiger partial charge in [-0.1, -0.05) is 6.92 Å².